The first-order valence-electron chi connectivity index (χ1n) is 8.83. The lowest BCUT2D eigenvalue weighted by Crippen LogP contribution is -2.07. The molecule has 25 heavy (non-hydrogen) atoms. The van der Waals surface area contributed by atoms with E-state index in [1.165, 1.54) is 16.6 Å². The van der Waals surface area contributed by atoms with Crippen molar-refractivity contribution >= 4 is 11.0 Å². The Bertz CT molecular complexity index is 819. The molecule has 0 amide bonds. The number of ether oxygens (including phenoxy) is 2. The van der Waals surface area contributed by atoms with Gasteiger partial charge in [-0.25, -0.2) is 4.98 Å². The highest BCUT2D eigenvalue weighted by Crippen LogP contribution is 2.23. The summed E-state index contributed by atoms with van der Waals surface area (Å²) in [5.74, 6) is 2.01. The summed E-state index contributed by atoms with van der Waals surface area (Å²) >= 11 is 0. The molecule has 0 spiro atoms. The number of aromatic nitrogens is 2. The molecule has 4 heteroatoms. The molecule has 4 nitrogen and oxygen atoms in total. The first-order chi connectivity index (χ1) is 12.2. The summed E-state index contributed by atoms with van der Waals surface area (Å²) in [7, 11) is 1.71. The third-order valence-electron chi connectivity index (χ3n) is 4.44. The zero-order valence-corrected chi connectivity index (χ0v) is 15.3. The molecule has 0 unspecified atom stereocenters. The molecule has 0 radical (unpaired) electrons. The summed E-state index contributed by atoms with van der Waals surface area (Å²) in [4.78, 5) is 4.68. The number of aryl methyl sites for hydroxylation is 3. The fourth-order valence-electron chi connectivity index (χ4n) is 3.19. The van der Waals surface area contributed by atoms with Gasteiger partial charge in [0, 0.05) is 13.7 Å². The van der Waals surface area contributed by atoms with Gasteiger partial charge in [0.25, 0.3) is 0 Å². The molecular weight excluding hydrogens is 312 g/mol. The maximum atomic E-state index is 6.00. The predicted octanol–water partition coefficient (Wildman–Crippen LogP) is 4.66. The maximum Gasteiger partial charge on any atom is 0.135 e. The number of methoxy groups -OCH3 is 1. The van der Waals surface area contributed by atoms with Crippen molar-refractivity contribution in [2.24, 2.45) is 0 Å². The lowest BCUT2D eigenvalue weighted by molar-refractivity contribution is 0.174. The Kier molecular flexibility index (Phi) is 5.71. The molecule has 3 aromatic rings. The van der Waals surface area contributed by atoms with E-state index >= 15 is 0 Å². The predicted molar refractivity (Wildman–Crippen MR) is 101 cm³/mol. The molecule has 3 rings (SSSR count). The van der Waals surface area contributed by atoms with Crippen LogP contribution in [0, 0.1) is 13.8 Å². The van der Waals surface area contributed by atoms with Crippen molar-refractivity contribution < 1.29 is 9.47 Å². The average Bonchev–Trinajstić information content (AvgIpc) is 2.95. The van der Waals surface area contributed by atoms with Crippen LogP contribution in [-0.2, 0) is 17.9 Å². The van der Waals surface area contributed by atoms with Crippen LogP contribution in [0.15, 0.2) is 42.5 Å². The van der Waals surface area contributed by atoms with Crippen LogP contribution in [0.25, 0.3) is 11.0 Å². The van der Waals surface area contributed by atoms with E-state index in [9.17, 15) is 0 Å². The number of fused-ring (bicyclic) bond motifs is 1. The monoisotopic (exact) mass is 338 g/mol. The molecule has 0 N–H and O–H groups in total. The highest BCUT2D eigenvalue weighted by molar-refractivity contribution is 5.75. The Morgan fingerprint density at radius 2 is 1.72 bits per heavy atom. The Morgan fingerprint density at radius 1 is 0.960 bits per heavy atom. The third-order valence-corrected chi connectivity index (χ3v) is 4.44. The van der Waals surface area contributed by atoms with E-state index in [1.807, 2.05) is 6.07 Å². The SMILES string of the molecule is COCc1nc2ccccc2n1CCCCOc1c(C)cccc1C. The number of hydrogen-bond donors (Lipinski definition) is 0. The molecule has 0 aliphatic heterocycles. The minimum Gasteiger partial charge on any atom is -0.493 e. The van der Waals surface area contributed by atoms with Crippen LogP contribution in [0.4, 0.5) is 0 Å². The second kappa shape index (κ2) is 8.17. The van der Waals surface area contributed by atoms with Crippen molar-refractivity contribution in [3.63, 3.8) is 0 Å². The van der Waals surface area contributed by atoms with Crippen molar-refractivity contribution in [2.45, 2.75) is 39.8 Å². The van der Waals surface area contributed by atoms with Gasteiger partial charge in [0.1, 0.15) is 18.2 Å². The van der Waals surface area contributed by atoms with Crippen molar-refractivity contribution in [3.8, 4) is 5.75 Å². The number of rotatable bonds is 8. The van der Waals surface area contributed by atoms with Crippen molar-refractivity contribution in [3.05, 3.63) is 59.4 Å². The van der Waals surface area contributed by atoms with Gasteiger partial charge in [0.05, 0.1) is 17.6 Å². The summed E-state index contributed by atoms with van der Waals surface area (Å²) in [6, 6.07) is 14.5. The lowest BCUT2D eigenvalue weighted by Gasteiger charge is -2.12. The van der Waals surface area contributed by atoms with E-state index in [4.69, 9.17) is 9.47 Å². The molecule has 0 atom stereocenters. The number of benzene rings is 2. The maximum absolute atomic E-state index is 6.00. The van der Waals surface area contributed by atoms with E-state index in [1.54, 1.807) is 7.11 Å². The highest BCUT2D eigenvalue weighted by atomic mass is 16.5. The zero-order chi connectivity index (χ0) is 17.6. The van der Waals surface area contributed by atoms with Gasteiger partial charge in [0.15, 0.2) is 0 Å². The van der Waals surface area contributed by atoms with Gasteiger partial charge in [-0.15, -0.1) is 0 Å². The Balaban J connectivity index is 1.59. The molecule has 2 aromatic carbocycles. The number of unbranched alkanes of at least 4 members (excludes halogenated alkanes) is 1. The zero-order valence-electron chi connectivity index (χ0n) is 15.3. The van der Waals surface area contributed by atoms with Crippen LogP contribution in [0.3, 0.4) is 0 Å². The first-order valence-corrected chi connectivity index (χ1v) is 8.83. The van der Waals surface area contributed by atoms with Crippen LogP contribution in [0.1, 0.15) is 29.8 Å². The van der Waals surface area contributed by atoms with Crippen molar-refractivity contribution in [1.29, 1.82) is 0 Å². The quantitative estimate of drug-likeness (QED) is 0.561. The van der Waals surface area contributed by atoms with Crippen LogP contribution < -0.4 is 4.74 Å². The van der Waals surface area contributed by atoms with Gasteiger partial charge in [-0.2, -0.15) is 0 Å². The van der Waals surface area contributed by atoms with E-state index < -0.39 is 0 Å². The fraction of sp³-hybridized carbons (Fsp3) is 0.381. The van der Waals surface area contributed by atoms with Crippen LogP contribution in [-0.4, -0.2) is 23.3 Å². The average molecular weight is 338 g/mol. The highest BCUT2D eigenvalue weighted by Gasteiger charge is 2.10. The molecule has 0 aliphatic rings. The van der Waals surface area contributed by atoms with E-state index in [2.05, 4.69) is 59.8 Å². The third kappa shape index (κ3) is 4.02. The van der Waals surface area contributed by atoms with E-state index in [0.29, 0.717) is 6.61 Å². The molecule has 132 valence electrons. The summed E-state index contributed by atoms with van der Waals surface area (Å²) in [6.45, 7) is 6.38. The van der Waals surface area contributed by atoms with Gasteiger partial charge in [-0.05, 0) is 49.9 Å². The van der Waals surface area contributed by atoms with Crippen LogP contribution in [0.2, 0.25) is 0 Å². The summed E-state index contributed by atoms with van der Waals surface area (Å²) in [6.07, 6.45) is 2.05. The molecule has 0 bridgehead atoms. The second-order valence-electron chi connectivity index (χ2n) is 6.38. The number of para-hydroxylation sites is 3. The van der Waals surface area contributed by atoms with Crippen LogP contribution in [0.5, 0.6) is 5.75 Å². The lowest BCUT2D eigenvalue weighted by atomic mass is 10.1. The summed E-state index contributed by atoms with van der Waals surface area (Å²) in [5, 5.41) is 0. The Hall–Kier alpha value is -2.33. The minimum absolute atomic E-state index is 0.535. The van der Waals surface area contributed by atoms with Crippen molar-refractivity contribution in [2.75, 3.05) is 13.7 Å². The Morgan fingerprint density at radius 3 is 2.48 bits per heavy atom. The molecule has 1 heterocycles. The van der Waals surface area contributed by atoms with Gasteiger partial charge in [-0.1, -0.05) is 30.3 Å². The molecule has 0 saturated carbocycles. The van der Waals surface area contributed by atoms with Crippen LogP contribution >= 0.6 is 0 Å². The minimum atomic E-state index is 0.535. The number of imidazole rings is 1. The smallest absolute Gasteiger partial charge is 0.135 e. The molecule has 0 fully saturated rings. The summed E-state index contributed by atoms with van der Waals surface area (Å²) in [5.41, 5.74) is 4.59. The van der Waals surface area contributed by atoms with Gasteiger partial charge >= 0.3 is 0 Å². The first kappa shape index (κ1) is 17.5. The normalized spacial score (nSPS) is 11.2. The number of nitrogens with zero attached hydrogens (tertiary/aromatic N) is 2. The largest absolute Gasteiger partial charge is 0.493 e. The van der Waals surface area contributed by atoms with Crippen molar-refractivity contribution in [1.82, 2.24) is 9.55 Å². The topological polar surface area (TPSA) is 36.3 Å². The standard InChI is InChI=1S/C21H26N2O2/c1-16-9-8-10-17(2)21(16)25-14-7-6-13-23-19-12-5-4-11-18(19)22-20(23)15-24-3/h4-5,8-12H,6-7,13-15H2,1-3H3. The fourth-order valence-corrected chi connectivity index (χ4v) is 3.19. The van der Waals surface area contributed by atoms with Gasteiger partial charge < -0.3 is 14.0 Å². The molecule has 0 aliphatic carbocycles. The molecular formula is C21H26N2O2. The van der Waals surface area contributed by atoms with Gasteiger partial charge in [-0.3, -0.25) is 0 Å². The van der Waals surface area contributed by atoms with E-state index in [0.717, 1.165) is 43.1 Å². The Labute approximate surface area is 149 Å². The van der Waals surface area contributed by atoms with E-state index in [-0.39, 0.29) is 0 Å². The summed E-state index contributed by atoms with van der Waals surface area (Å²) < 4.78 is 13.6. The number of hydrogen-bond acceptors (Lipinski definition) is 3. The second-order valence-corrected chi connectivity index (χ2v) is 6.38. The van der Waals surface area contributed by atoms with Gasteiger partial charge in [0.2, 0.25) is 0 Å². The molecule has 1 aromatic heterocycles. The molecule has 0 saturated heterocycles.